The maximum Gasteiger partial charge on any atom is 0.265 e. The Balaban J connectivity index is 1.39. The van der Waals surface area contributed by atoms with Crippen LogP contribution in [0.4, 0.5) is 18.9 Å². The van der Waals surface area contributed by atoms with Gasteiger partial charge in [-0.1, -0.05) is 16.8 Å². The van der Waals surface area contributed by atoms with E-state index in [2.05, 4.69) is 17.3 Å². The minimum Gasteiger partial charge on any atom is -0.307 e. The van der Waals surface area contributed by atoms with Crippen LogP contribution in [-0.4, -0.2) is 27.4 Å². The van der Waals surface area contributed by atoms with Crippen LogP contribution < -0.4 is 14.8 Å². The Morgan fingerprint density at radius 3 is 2.65 bits per heavy atom. The molecule has 2 aromatic carbocycles. The molecule has 2 fully saturated rings. The maximum absolute atomic E-state index is 14.2. The number of nitrogens with one attached hydrogen (secondary N) is 1. The van der Waals surface area contributed by atoms with Gasteiger partial charge in [0.25, 0.3) is 18.7 Å². The van der Waals surface area contributed by atoms with Gasteiger partial charge >= 0.3 is 0 Å². The molecule has 0 bridgehead atoms. The molecule has 2 aliphatic carbocycles. The summed E-state index contributed by atoms with van der Waals surface area (Å²) in [5.74, 6) is -0.290. The van der Waals surface area contributed by atoms with Gasteiger partial charge in [-0.05, 0) is 74.3 Å². The molecule has 0 atom stereocenters. The topological polar surface area (TPSA) is 54.0 Å². The number of carbonyl (C=O) groups is 1. The summed E-state index contributed by atoms with van der Waals surface area (Å²) in [6.07, 6.45) is 4.02. The Bertz CT molecular complexity index is 1360. The molecule has 0 saturated heterocycles. The van der Waals surface area contributed by atoms with Crippen molar-refractivity contribution in [3.8, 4) is 5.69 Å². The van der Waals surface area contributed by atoms with Gasteiger partial charge in [0.1, 0.15) is 6.17 Å². The fourth-order valence-electron chi connectivity index (χ4n) is 5.82. The van der Waals surface area contributed by atoms with Gasteiger partial charge in [-0.3, -0.25) is 4.79 Å². The Morgan fingerprint density at radius 1 is 1.24 bits per heavy atom. The molecule has 9 heteroatoms. The fraction of sp³-hybridized carbons (Fsp3) is 0.464. The predicted molar refractivity (Wildman–Crippen MR) is 133 cm³/mol. The monoisotopic (exact) mass is 510 g/mol. The molecule has 1 aromatic heterocycles. The van der Waals surface area contributed by atoms with Crippen molar-refractivity contribution in [2.24, 2.45) is 7.05 Å². The van der Waals surface area contributed by atoms with Crippen LogP contribution in [0.5, 0.6) is 0 Å². The number of alkyl halides is 3. The summed E-state index contributed by atoms with van der Waals surface area (Å²) in [4.78, 5) is 15.3. The van der Waals surface area contributed by atoms with Gasteiger partial charge < -0.3 is 10.2 Å². The van der Waals surface area contributed by atoms with Gasteiger partial charge in [-0.15, -0.1) is 0 Å². The summed E-state index contributed by atoms with van der Waals surface area (Å²) in [6.45, 7) is 2.63. The van der Waals surface area contributed by atoms with Crippen LogP contribution in [0.1, 0.15) is 84.0 Å². The lowest BCUT2D eigenvalue weighted by atomic mass is 9.77. The second-order valence-electron chi connectivity index (χ2n) is 11.0. The first-order chi connectivity index (χ1) is 17.7. The summed E-state index contributed by atoms with van der Waals surface area (Å²) in [6, 6.07) is 8.91. The van der Waals surface area contributed by atoms with Crippen LogP contribution in [-0.2, 0) is 20.1 Å². The zero-order valence-electron chi connectivity index (χ0n) is 21.1. The number of hydrogen-bond donors (Lipinski definition) is 1. The van der Waals surface area contributed by atoms with E-state index in [4.69, 9.17) is 0 Å². The van der Waals surface area contributed by atoms with E-state index in [0.29, 0.717) is 47.5 Å². The number of aromatic nitrogens is 3. The quantitative estimate of drug-likeness (QED) is 0.453. The molecule has 1 aliphatic heterocycles. The fourth-order valence-corrected chi connectivity index (χ4v) is 5.82. The van der Waals surface area contributed by atoms with E-state index in [1.165, 1.54) is 6.07 Å². The SMILES string of the molecule is C[n+]1cnn(-c2c(C3CC(F)C3)cccc2N2Cc3c(cc(CNC4(C)CCC4)cc3C(F)F)C2=O)c1. The Kier molecular flexibility index (Phi) is 5.86. The highest BCUT2D eigenvalue weighted by Crippen LogP contribution is 2.45. The zero-order chi connectivity index (χ0) is 25.9. The summed E-state index contributed by atoms with van der Waals surface area (Å²) in [7, 11) is 1.85. The molecule has 3 aromatic rings. The van der Waals surface area contributed by atoms with Crippen molar-refractivity contribution >= 4 is 11.6 Å². The number of fused-ring (bicyclic) bond motifs is 1. The molecule has 2 saturated carbocycles. The summed E-state index contributed by atoms with van der Waals surface area (Å²) in [5.41, 5.74) is 3.50. The molecule has 194 valence electrons. The standard InChI is InChI=1S/C28H31F3N5O/c1-28(7-4-8-28)32-13-17-9-21(26(30)31)23-14-35(27(37)22(23)10-17)24-6-3-5-20(18-11-19(29)12-18)25(24)36-16-34(2)15-33-36/h3,5-6,9-10,15-16,18-19,26,32H,4,7-8,11-14H2,1-2H3/q+1. The van der Waals surface area contributed by atoms with Gasteiger partial charge in [-0.25, -0.2) is 17.7 Å². The number of halogens is 3. The van der Waals surface area contributed by atoms with Gasteiger partial charge in [0.15, 0.2) is 5.69 Å². The molecule has 6 nitrogen and oxygen atoms in total. The highest BCUT2D eigenvalue weighted by atomic mass is 19.3. The van der Waals surface area contributed by atoms with Crippen molar-refractivity contribution in [3.05, 3.63) is 70.8 Å². The Hall–Kier alpha value is -3.20. The average Bonchev–Trinajstić information content (AvgIpc) is 3.41. The molecule has 37 heavy (non-hydrogen) atoms. The smallest absolute Gasteiger partial charge is 0.265 e. The maximum atomic E-state index is 14.2. The molecule has 6 rings (SSSR count). The van der Waals surface area contributed by atoms with E-state index in [1.807, 2.05) is 25.2 Å². The second kappa shape index (κ2) is 8.97. The molecular formula is C28H31F3N5O+. The van der Waals surface area contributed by atoms with Crippen LogP contribution >= 0.6 is 0 Å². The van der Waals surface area contributed by atoms with Crippen molar-refractivity contribution in [1.82, 2.24) is 15.1 Å². The van der Waals surface area contributed by atoms with E-state index in [0.717, 1.165) is 24.8 Å². The van der Waals surface area contributed by atoms with Crippen molar-refractivity contribution in [3.63, 3.8) is 0 Å². The first kappa shape index (κ1) is 24.2. The van der Waals surface area contributed by atoms with Crippen LogP contribution in [0.25, 0.3) is 5.69 Å². The molecular weight excluding hydrogens is 479 g/mol. The number of aryl methyl sites for hydroxylation is 1. The molecule has 3 aliphatic rings. The number of benzene rings is 2. The van der Waals surface area contributed by atoms with Crippen LogP contribution in [0, 0.1) is 0 Å². The van der Waals surface area contributed by atoms with E-state index in [1.54, 1.807) is 32.9 Å². The minimum absolute atomic E-state index is 0.0155. The largest absolute Gasteiger partial charge is 0.307 e. The van der Waals surface area contributed by atoms with Crippen molar-refractivity contribution < 1.29 is 22.5 Å². The number of para-hydroxylation sites is 1. The van der Waals surface area contributed by atoms with E-state index in [9.17, 15) is 18.0 Å². The van der Waals surface area contributed by atoms with Crippen LogP contribution in [0.2, 0.25) is 0 Å². The third-order valence-corrected chi connectivity index (χ3v) is 8.28. The van der Waals surface area contributed by atoms with Crippen molar-refractivity contribution in [1.29, 1.82) is 0 Å². The Labute approximate surface area is 214 Å². The lowest BCUT2D eigenvalue weighted by Gasteiger charge is -2.39. The second-order valence-corrected chi connectivity index (χ2v) is 11.0. The third-order valence-electron chi connectivity index (χ3n) is 8.28. The van der Waals surface area contributed by atoms with E-state index >= 15 is 0 Å². The first-order valence-corrected chi connectivity index (χ1v) is 12.9. The molecule has 0 spiro atoms. The third kappa shape index (κ3) is 4.23. The summed E-state index contributed by atoms with van der Waals surface area (Å²) in [5, 5.41) is 7.93. The first-order valence-electron chi connectivity index (χ1n) is 12.9. The van der Waals surface area contributed by atoms with Crippen LogP contribution in [0.15, 0.2) is 43.0 Å². The number of rotatable bonds is 7. The van der Waals surface area contributed by atoms with Gasteiger partial charge in [0, 0.05) is 33.9 Å². The van der Waals surface area contributed by atoms with Gasteiger partial charge in [-0.2, -0.15) is 0 Å². The lowest BCUT2D eigenvalue weighted by Crippen LogP contribution is -2.47. The van der Waals surface area contributed by atoms with Crippen molar-refractivity contribution in [2.75, 3.05) is 4.90 Å². The highest BCUT2D eigenvalue weighted by Gasteiger charge is 2.39. The number of hydrogen-bond acceptors (Lipinski definition) is 3. The van der Waals surface area contributed by atoms with E-state index in [-0.39, 0.29) is 29.5 Å². The average molecular weight is 511 g/mol. The van der Waals surface area contributed by atoms with Gasteiger partial charge in [0.2, 0.25) is 6.33 Å². The van der Waals surface area contributed by atoms with E-state index < -0.39 is 12.6 Å². The van der Waals surface area contributed by atoms with Crippen molar-refractivity contribution in [2.45, 2.75) is 76.2 Å². The Morgan fingerprint density at radius 2 is 2.03 bits per heavy atom. The number of anilines is 1. The minimum atomic E-state index is -2.69. The predicted octanol–water partition coefficient (Wildman–Crippen LogP) is 5.04. The number of nitrogens with zero attached hydrogens (tertiary/aromatic N) is 4. The molecule has 1 amide bonds. The van der Waals surface area contributed by atoms with Crippen LogP contribution in [0.3, 0.4) is 0 Å². The summed E-state index contributed by atoms with van der Waals surface area (Å²) < 4.78 is 45.7. The highest BCUT2D eigenvalue weighted by molar-refractivity contribution is 6.11. The number of carbonyl (C=O) groups excluding carboxylic acids is 1. The molecule has 2 heterocycles. The normalized spacial score (nSPS) is 22.2. The lowest BCUT2D eigenvalue weighted by molar-refractivity contribution is -0.672. The molecule has 0 radical (unpaired) electrons. The zero-order valence-corrected chi connectivity index (χ0v) is 21.1. The summed E-state index contributed by atoms with van der Waals surface area (Å²) >= 11 is 0. The number of amides is 1. The van der Waals surface area contributed by atoms with Gasteiger partial charge in [0.05, 0.1) is 19.3 Å². The molecule has 1 N–H and O–H groups in total. The molecule has 0 unspecified atom stereocenters.